The molecule has 0 aliphatic carbocycles. The van der Waals surface area contributed by atoms with Gasteiger partial charge in [-0.05, 0) is 86.2 Å². The van der Waals surface area contributed by atoms with E-state index in [9.17, 15) is 18.0 Å². The van der Waals surface area contributed by atoms with Crippen LogP contribution in [0.15, 0.2) is 47.5 Å². The maximum absolute atomic E-state index is 12.9. The molecular weight excluding hydrogens is 485 g/mol. The molecule has 36 heavy (non-hydrogen) atoms. The van der Waals surface area contributed by atoms with Gasteiger partial charge in [-0.15, -0.1) is 0 Å². The molecule has 1 atom stereocenters. The van der Waals surface area contributed by atoms with Gasteiger partial charge in [-0.2, -0.15) is 13.2 Å². The molecule has 2 fully saturated rings. The highest BCUT2D eigenvalue weighted by atomic mass is 32.2. The smallest absolute Gasteiger partial charge is 0.354 e. The fourth-order valence-corrected chi connectivity index (χ4v) is 5.62. The maximum Gasteiger partial charge on any atom is 0.446 e. The third-order valence-corrected chi connectivity index (χ3v) is 7.75. The average molecular weight is 521 g/mol. The number of piperidine rings is 1. The molecule has 0 bridgehead atoms. The molecule has 1 aromatic heterocycles. The topological polar surface area (TPSA) is 39.7 Å². The lowest BCUT2D eigenvalue weighted by atomic mass is 9.91. The van der Waals surface area contributed by atoms with E-state index in [2.05, 4.69) is 26.9 Å². The number of alkyl halides is 3. The van der Waals surface area contributed by atoms with Crippen LogP contribution in [0.2, 0.25) is 0 Å². The van der Waals surface area contributed by atoms with Gasteiger partial charge in [0.15, 0.2) is 0 Å². The molecular formula is C27H35F3N4OS. The van der Waals surface area contributed by atoms with Crippen molar-refractivity contribution in [3.05, 3.63) is 53.7 Å². The number of benzene rings is 1. The van der Waals surface area contributed by atoms with Crippen molar-refractivity contribution >= 4 is 23.5 Å². The number of piperazine rings is 1. The lowest BCUT2D eigenvalue weighted by molar-refractivity contribution is -0.133. The molecule has 0 N–H and O–H groups in total. The molecule has 2 aliphatic heterocycles. The second-order valence-electron chi connectivity index (χ2n) is 9.87. The zero-order valence-electron chi connectivity index (χ0n) is 20.8. The van der Waals surface area contributed by atoms with Crippen LogP contribution in [0.25, 0.3) is 0 Å². The quantitative estimate of drug-likeness (QED) is 0.437. The van der Waals surface area contributed by atoms with Gasteiger partial charge >= 0.3 is 5.51 Å². The van der Waals surface area contributed by atoms with Gasteiger partial charge in [0.2, 0.25) is 5.91 Å². The number of likely N-dealkylation sites (tertiary alicyclic amines) is 1. The van der Waals surface area contributed by atoms with Crippen LogP contribution in [0.4, 0.5) is 19.0 Å². The maximum atomic E-state index is 12.9. The molecule has 0 unspecified atom stereocenters. The van der Waals surface area contributed by atoms with Crippen LogP contribution in [0, 0.1) is 12.8 Å². The molecule has 2 aliphatic rings. The summed E-state index contributed by atoms with van der Waals surface area (Å²) in [5.41, 5.74) is -2.07. The number of nitrogens with zero attached hydrogens (tertiary/aromatic N) is 4. The number of aryl methyl sites for hydroxylation is 1. The number of aromatic nitrogens is 1. The number of anilines is 1. The molecule has 1 amide bonds. The summed E-state index contributed by atoms with van der Waals surface area (Å²) in [5, 5.41) is 0. The predicted molar refractivity (Wildman–Crippen MR) is 138 cm³/mol. The summed E-state index contributed by atoms with van der Waals surface area (Å²) in [6, 6.07) is 10.8. The number of halogens is 3. The third kappa shape index (κ3) is 8.13. The van der Waals surface area contributed by atoms with Crippen molar-refractivity contribution in [3.63, 3.8) is 0 Å². The van der Waals surface area contributed by atoms with E-state index in [-0.39, 0.29) is 22.6 Å². The Bertz CT molecular complexity index is 976. The molecule has 0 saturated carbocycles. The van der Waals surface area contributed by atoms with E-state index in [4.69, 9.17) is 0 Å². The second kappa shape index (κ2) is 12.3. The molecule has 5 nitrogen and oxygen atoms in total. The minimum absolute atomic E-state index is 0.0845. The fraction of sp³-hybridized carbons (Fsp3) is 0.556. The van der Waals surface area contributed by atoms with E-state index in [1.54, 1.807) is 12.1 Å². The first-order valence-corrected chi connectivity index (χ1v) is 13.6. The Balaban J connectivity index is 1.16. The Hall–Kier alpha value is -2.26. The van der Waals surface area contributed by atoms with E-state index in [0.717, 1.165) is 82.9 Å². The van der Waals surface area contributed by atoms with Crippen LogP contribution in [0.5, 0.6) is 0 Å². The van der Waals surface area contributed by atoms with Crippen molar-refractivity contribution in [2.45, 2.75) is 49.4 Å². The standard InChI is InChI=1S/C27H35F3N4OS/c1-21-6-11-25(31-19-21)33-16-14-32(15-17-33)12-3-5-26(35)34-13-2-4-23(20-34)18-22-7-9-24(10-8-22)36-27(28,29)30/h6-11,19,23H,2-5,12-18,20H2,1H3/t23-/m1/s1. The minimum Gasteiger partial charge on any atom is -0.354 e. The number of carbonyl (C=O) groups is 1. The number of rotatable bonds is 8. The number of hydrogen-bond donors (Lipinski definition) is 0. The van der Waals surface area contributed by atoms with Crippen LogP contribution >= 0.6 is 11.8 Å². The highest BCUT2D eigenvalue weighted by Crippen LogP contribution is 2.37. The first kappa shape index (κ1) is 26.8. The second-order valence-corrected chi connectivity index (χ2v) is 11.0. The van der Waals surface area contributed by atoms with Crippen LogP contribution in [0.1, 0.15) is 36.8 Å². The van der Waals surface area contributed by atoms with E-state index in [0.29, 0.717) is 12.3 Å². The number of amides is 1. The van der Waals surface area contributed by atoms with Crippen molar-refractivity contribution in [2.75, 3.05) is 50.7 Å². The van der Waals surface area contributed by atoms with Gasteiger partial charge in [0.1, 0.15) is 5.82 Å². The molecule has 9 heteroatoms. The lowest BCUT2D eigenvalue weighted by Crippen LogP contribution is -2.47. The van der Waals surface area contributed by atoms with E-state index in [1.807, 2.05) is 18.0 Å². The lowest BCUT2D eigenvalue weighted by Gasteiger charge is -2.36. The van der Waals surface area contributed by atoms with Crippen molar-refractivity contribution in [1.82, 2.24) is 14.8 Å². The number of hydrogen-bond acceptors (Lipinski definition) is 5. The minimum atomic E-state index is -4.26. The summed E-state index contributed by atoms with van der Waals surface area (Å²) in [7, 11) is 0. The van der Waals surface area contributed by atoms with Crippen LogP contribution in [0.3, 0.4) is 0 Å². The van der Waals surface area contributed by atoms with Gasteiger partial charge in [-0.1, -0.05) is 18.2 Å². The average Bonchev–Trinajstić information content (AvgIpc) is 2.85. The highest BCUT2D eigenvalue weighted by molar-refractivity contribution is 8.00. The monoisotopic (exact) mass is 520 g/mol. The van der Waals surface area contributed by atoms with Gasteiger partial charge in [-0.25, -0.2) is 4.98 Å². The predicted octanol–water partition coefficient (Wildman–Crippen LogP) is 5.39. The summed E-state index contributed by atoms with van der Waals surface area (Å²) < 4.78 is 37.6. The molecule has 3 heterocycles. The highest BCUT2D eigenvalue weighted by Gasteiger charge is 2.29. The zero-order valence-corrected chi connectivity index (χ0v) is 21.7. The number of pyridine rings is 1. The summed E-state index contributed by atoms with van der Waals surface area (Å²) in [4.78, 5) is 24.3. The van der Waals surface area contributed by atoms with Crippen molar-refractivity contribution in [2.24, 2.45) is 5.92 Å². The summed E-state index contributed by atoms with van der Waals surface area (Å²) in [6.07, 6.45) is 6.15. The Kier molecular flexibility index (Phi) is 9.17. The SMILES string of the molecule is Cc1ccc(N2CCN(CCCC(=O)N3CCC[C@H](Cc4ccc(SC(F)(F)F)cc4)C3)CC2)nc1. The van der Waals surface area contributed by atoms with Crippen molar-refractivity contribution < 1.29 is 18.0 Å². The van der Waals surface area contributed by atoms with Crippen LogP contribution < -0.4 is 4.90 Å². The van der Waals surface area contributed by atoms with Gasteiger partial charge in [0.25, 0.3) is 0 Å². The molecule has 0 spiro atoms. The molecule has 2 saturated heterocycles. The Morgan fingerprint density at radius 1 is 1.06 bits per heavy atom. The zero-order chi connectivity index (χ0) is 25.5. The van der Waals surface area contributed by atoms with E-state index >= 15 is 0 Å². The Morgan fingerprint density at radius 2 is 1.81 bits per heavy atom. The summed E-state index contributed by atoms with van der Waals surface area (Å²) in [6.45, 7) is 8.38. The fourth-order valence-electron chi connectivity index (χ4n) is 5.08. The van der Waals surface area contributed by atoms with Crippen molar-refractivity contribution in [1.29, 1.82) is 0 Å². The molecule has 1 aromatic carbocycles. The largest absolute Gasteiger partial charge is 0.446 e. The van der Waals surface area contributed by atoms with E-state index in [1.165, 1.54) is 17.7 Å². The van der Waals surface area contributed by atoms with Gasteiger partial charge in [0.05, 0.1) is 0 Å². The van der Waals surface area contributed by atoms with Crippen LogP contribution in [-0.4, -0.2) is 72.0 Å². The van der Waals surface area contributed by atoms with Gasteiger partial charge < -0.3 is 9.80 Å². The first-order valence-electron chi connectivity index (χ1n) is 12.8. The van der Waals surface area contributed by atoms with Gasteiger partial charge in [0, 0.05) is 56.8 Å². The number of thioether (sulfide) groups is 1. The summed E-state index contributed by atoms with van der Waals surface area (Å²) >= 11 is -0.0845. The van der Waals surface area contributed by atoms with Gasteiger partial charge in [-0.3, -0.25) is 9.69 Å². The molecule has 0 radical (unpaired) electrons. The number of carbonyl (C=O) groups excluding carboxylic acids is 1. The Labute approximate surface area is 216 Å². The van der Waals surface area contributed by atoms with Crippen LogP contribution in [-0.2, 0) is 11.2 Å². The molecule has 196 valence electrons. The third-order valence-electron chi connectivity index (χ3n) is 7.01. The molecule has 4 rings (SSSR count). The first-order chi connectivity index (χ1) is 17.2. The van der Waals surface area contributed by atoms with E-state index < -0.39 is 5.51 Å². The van der Waals surface area contributed by atoms with Crippen molar-refractivity contribution in [3.8, 4) is 0 Å². The normalized spacial score (nSPS) is 19.5. The Morgan fingerprint density at radius 3 is 2.47 bits per heavy atom. The molecule has 2 aromatic rings. The summed E-state index contributed by atoms with van der Waals surface area (Å²) in [5.74, 6) is 1.61.